The first-order valence-electron chi connectivity index (χ1n) is 10.3. The summed E-state index contributed by atoms with van der Waals surface area (Å²) >= 11 is 0. The van der Waals surface area contributed by atoms with Crippen LogP contribution in [-0.4, -0.2) is 50.5 Å². The number of nitrogens with one attached hydrogen (secondary N) is 1. The summed E-state index contributed by atoms with van der Waals surface area (Å²) in [4.78, 5) is 37.6. The Balaban J connectivity index is 1.67. The second kappa shape index (κ2) is 9.51. The summed E-state index contributed by atoms with van der Waals surface area (Å²) in [5, 5.41) is 18.3. The molecular weight excluding hydrogens is 386 g/mol. The van der Waals surface area contributed by atoms with E-state index in [0.717, 1.165) is 25.7 Å². The molecule has 2 amide bonds. The van der Waals surface area contributed by atoms with Crippen LogP contribution in [0.25, 0.3) is 5.69 Å². The topological polar surface area (TPSA) is 110 Å². The minimum absolute atomic E-state index is 0.00410. The summed E-state index contributed by atoms with van der Waals surface area (Å²) in [5.41, 5.74) is 0.712. The predicted molar refractivity (Wildman–Crippen MR) is 111 cm³/mol. The largest absolute Gasteiger partial charge is 0.353 e. The number of likely N-dealkylation sites (tertiary alicyclic amines) is 1. The molecule has 1 aliphatic rings. The number of hydrogen-bond acceptors (Lipinski definition) is 5. The van der Waals surface area contributed by atoms with Crippen LogP contribution in [0.4, 0.5) is 5.69 Å². The number of carbonyl (C=O) groups excluding carboxylic acids is 2. The maximum Gasteiger partial charge on any atom is 0.274 e. The third-order valence-corrected chi connectivity index (χ3v) is 5.30. The first kappa shape index (κ1) is 21.5. The van der Waals surface area contributed by atoms with E-state index in [1.807, 2.05) is 6.92 Å². The van der Waals surface area contributed by atoms with Crippen molar-refractivity contribution in [2.75, 3.05) is 13.1 Å². The minimum atomic E-state index is -0.473. The molecule has 1 saturated heterocycles. The number of amides is 2. The van der Waals surface area contributed by atoms with Gasteiger partial charge in [-0.05, 0) is 38.3 Å². The molecule has 1 aromatic heterocycles. The van der Waals surface area contributed by atoms with Gasteiger partial charge in [-0.2, -0.15) is 5.10 Å². The molecule has 1 aliphatic heterocycles. The molecule has 30 heavy (non-hydrogen) atoms. The van der Waals surface area contributed by atoms with Crippen molar-refractivity contribution in [2.24, 2.45) is 5.92 Å². The van der Waals surface area contributed by atoms with Crippen molar-refractivity contribution in [1.82, 2.24) is 20.0 Å². The maximum atomic E-state index is 12.9. The van der Waals surface area contributed by atoms with E-state index in [4.69, 9.17) is 0 Å². The lowest BCUT2D eigenvalue weighted by molar-refractivity contribution is -0.384. The molecule has 0 saturated carbocycles. The van der Waals surface area contributed by atoms with Crippen LogP contribution < -0.4 is 5.32 Å². The average molecular weight is 413 g/mol. The number of piperidine rings is 1. The Bertz CT molecular complexity index is 926. The van der Waals surface area contributed by atoms with Gasteiger partial charge in [-0.1, -0.05) is 19.4 Å². The van der Waals surface area contributed by atoms with E-state index in [2.05, 4.69) is 17.3 Å². The van der Waals surface area contributed by atoms with Crippen molar-refractivity contribution >= 4 is 17.5 Å². The van der Waals surface area contributed by atoms with Gasteiger partial charge in [0.05, 0.1) is 16.5 Å². The van der Waals surface area contributed by atoms with E-state index in [0.29, 0.717) is 18.8 Å². The van der Waals surface area contributed by atoms with Crippen molar-refractivity contribution in [3.63, 3.8) is 0 Å². The lowest BCUT2D eigenvalue weighted by Gasteiger charge is -2.32. The first-order valence-corrected chi connectivity index (χ1v) is 10.3. The normalized spacial score (nSPS) is 17.4. The number of rotatable bonds is 7. The highest BCUT2D eigenvalue weighted by molar-refractivity contribution is 5.93. The molecule has 160 valence electrons. The molecule has 0 unspecified atom stereocenters. The molecule has 2 atom stereocenters. The van der Waals surface area contributed by atoms with Crippen LogP contribution >= 0.6 is 0 Å². The molecule has 9 heteroatoms. The Morgan fingerprint density at radius 2 is 2.17 bits per heavy atom. The summed E-state index contributed by atoms with van der Waals surface area (Å²) in [7, 11) is 0. The zero-order chi connectivity index (χ0) is 21.7. The number of hydrogen-bond donors (Lipinski definition) is 1. The summed E-state index contributed by atoms with van der Waals surface area (Å²) in [6.45, 7) is 5.02. The van der Waals surface area contributed by atoms with Gasteiger partial charge < -0.3 is 10.2 Å². The van der Waals surface area contributed by atoms with Gasteiger partial charge >= 0.3 is 0 Å². The van der Waals surface area contributed by atoms with Crippen molar-refractivity contribution in [3.05, 3.63) is 52.3 Å². The Morgan fingerprint density at radius 3 is 2.90 bits per heavy atom. The van der Waals surface area contributed by atoms with Gasteiger partial charge in [0.1, 0.15) is 0 Å². The molecule has 2 heterocycles. The van der Waals surface area contributed by atoms with Crippen LogP contribution in [0.5, 0.6) is 0 Å². The zero-order valence-electron chi connectivity index (χ0n) is 17.3. The van der Waals surface area contributed by atoms with E-state index >= 15 is 0 Å². The standard InChI is InChI=1S/C21H27N5O4/c1-3-6-15(2)22-20(27)16-7-5-11-24(14-16)21(28)19-10-12-25(23-19)17-8-4-9-18(13-17)26(29)30/h4,8-10,12-13,15-16H,3,5-7,11,14H2,1-2H3,(H,22,27)/t15-,16+/m1/s1. The molecule has 9 nitrogen and oxygen atoms in total. The molecule has 0 radical (unpaired) electrons. The van der Waals surface area contributed by atoms with Crippen molar-refractivity contribution in [2.45, 2.75) is 45.6 Å². The van der Waals surface area contributed by atoms with Crippen LogP contribution in [0.3, 0.4) is 0 Å². The highest BCUT2D eigenvalue weighted by Crippen LogP contribution is 2.20. The number of carbonyl (C=O) groups is 2. The van der Waals surface area contributed by atoms with Gasteiger partial charge in [-0.3, -0.25) is 19.7 Å². The average Bonchev–Trinajstić information content (AvgIpc) is 3.24. The van der Waals surface area contributed by atoms with Crippen LogP contribution in [0, 0.1) is 16.0 Å². The van der Waals surface area contributed by atoms with Gasteiger partial charge in [0, 0.05) is 37.5 Å². The lowest BCUT2D eigenvalue weighted by Crippen LogP contribution is -2.47. The number of nitro groups is 1. The van der Waals surface area contributed by atoms with E-state index in [9.17, 15) is 19.7 Å². The van der Waals surface area contributed by atoms with Gasteiger partial charge in [0.25, 0.3) is 11.6 Å². The van der Waals surface area contributed by atoms with E-state index < -0.39 is 4.92 Å². The summed E-state index contributed by atoms with van der Waals surface area (Å²) in [6, 6.07) is 7.78. The number of non-ortho nitro benzene ring substituents is 1. The van der Waals surface area contributed by atoms with Crippen molar-refractivity contribution in [1.29, 1.82) is 0 Å². The highest BCUT2D eigenvalue weighted by atomic mass is 16.6. The quantitative estimate of drug-likeness (QED) is 0.554. The maximum absolute atomic E-state index is 12.9. The number of benzene rings is 1. The second-order valence-corrected chi connectivity index (χ2v) is 7.71. The molecule has 0 spiro atoms. The third-order valence-electron chi connectivity index (χ3n) is 5.30. The summed E-state index contributed by atoms with van der Waals surface area (Å²) in [6.07, 6.45) is 5.06. The summed E-state index contributed by atoms with van der Waals surface area (Å²) < 4.78 is 1.45. The van der Waals surface area contributed by atoms with E-state index in [1.54, 1.807) is 29.3 Å². The van der Waals surface area contributed by atoms with E-state index in [1.165, 1.54) is 16.8 Å². The minimum Gasteiger partial charge on any atom is -0.353 e. The lowest BCUT2D eigenvalue weighted by atomic mass is 9.96. The van der Waals surface area contributed by atoms with Gasteiger partial charge in [-0.25, -0.2) is 4.68 Å². The fraction of sp³-hybridized carbons (Fsp3) is 0.476. The van der Waals surface area contributed by atoms with Crippen molar-refractivity contribution < 1.29 is 14.5 Å². The Labute approximate surface area is 175 Å². The predicted octanol–water partition coefficient (Wildman–Crippen LogP) is 2.94. The van der Waals surface area contributed by atoms with Gasteiger partial charge in [0.2, 0.25) is 5.91 Å². The molecule has 1 N–H and O–H groups in total. The first-order chi connectivity index (χ1) is 14.4. The number of nitro benzene ring substituents is 1. The Kier molecular flexibility index (Phi) is 6.81. The van der Waals surface area contributed by atoms with Crippen LogP contribution in [0.2, 0.25) is 0 Å². The van der Waals surface area contributed by atoms with Gasteiger partial charge in [-0.15, -0.1) is 0 Å². The molecular formula is C21H27N5O4. The number of nitrogens with zero attached hydrogens (tertiary/aromatic N) is 4. The van der Waals surface area contributed by atoms with Crippen LogP contribution in [0.15, 0.2) is 36.5 Å². The highest BCUT2D eigenvalue weighted by Gasteiger charge is 2.30. The smallest absolute Gasteiger partial charge is 0.274 e. The molecule has 2 aromatic rings. The Hall–Kier alpha value is -3.23. The molecule has 0 bridgehead atoms. The SMILES string of the molecule is CCC[C@@H](C)NC(=O)[C@H]1CCCN(C(=O)c2ccn(-c3cccc([N+](=O)[O-])c3)n2)C1. The van der Waals surface area contributed by atoms with Crippen LogP contribution in [0.1, 0.15) is 50.0 Å². The third kappa shape index (κ3) is 5.03. The molecule has 3 rings (SSSR count). The van der Waals surface area contributed by atoms with Crippen LogP contribution in [-0.2, 0) is 4.79 Å². The van der Waals surface area contributed by atoms with Gasteiger partial charge in [0.15, 0.2) is 5.69 Å². The molecule has 0 aliphatic carbocycles. The Morgan fingerprint density at radius 1 is 1.37 bits per heavy atom. The fourth-order valence-corrected chi connectivity index (χ4v) is 3.73. The zero-order valence-corrected chi connectivity index (χ0v) is 17.3. The molecule has 1 aromatic carbocycles. The number of aromatic nitrogens is 2. The monoisotopic (exact) mass is 413 g/mol. The summed E-state index contributed by atoms with van der Waals surface area (Å²) in [5.74, 6) is -0.463. The second-order valence-electron chi connectivity index (χ2n) is 7.71. The van der Waals surface area contributed by atoms with Crippen molar-refractivity contribution in [3.8, 4) is 5.69 Å². The fourth-order valence-electron chi connectivity index (χ4n) is 3.73. The van der Waals surface area contributed by atoms with E-state index in [-0.39, 0.29) is 35.2 Å². The molecule has 1 fully saturated rings.